The Bertz CT molecular complexity index is 476. The van der Waals surface area contributed by atoms with Gasteiger partial charge >= 0.3 is 0 Å². The topological polar surface area (TPSA) is 79.5 Å². The largest absolute Gasteiger partial charge is 0.383 e. The maximum Gasteiger partial charge on any atom is 0.247 e. The molecule has 0 saturated carbocycles. The van der Waals surface area contributed by atoms with Gasteiger partial charge in [0.15, 0.2) is 0 Å². The zero-order chi connectivity index (χ0) is 13.7. The van der Waals surface area contributed by atoms with Crippen molar-refractivity contribution < 1.29 is 14.3 Å². The van der Waals surface area contributed by atoms with E-state index >= 15 is 0 Å². The van der Waals surface area contributed by atoms with Gasteiger partial charge in [0.05, 0.1) is 24.4 Å². The fourth-order valence-corrected chi connectivity index (χ4v) is 1.88. The lowest BCUT2D eigenvalue weighted by molar-refractivity contribution is -0.125. The highest BCUT2D eigenvalue weighted by Gasteiger charge is 2.26. The van der Waals surface area contributed by atoms with Gasteiger partial charge in [-0.1, -0.05) is 12.1 Å². The normalized spacial score (nSPS) is 17.1. The molecule has 1 aromatic rings. The molecule has 0 radical (unpaired) electrons. The summed E-state index contributed by atoms with van der Waals surface area (Å²) < 4.78 is 4.84. The first-order valence-electron chi connectivity index (χ1n) is 6.13. The average Bonchev–Trinajstić information content (AvgIpc) is 2.40. The van der Waals surface area contributed by atoms with Crippen LogP contribution in [0.5, 0.6) is 0 Å². The predicted molar refractivity (Wildman–Crippen MR) is 72.0 cm³/mol. The van der Waals surface area contributed by atoms with Crippen molar-refractivity contribution in [3.8, 4) is 0 Å². The fourth-order valence-electron chi connectivity index (χ4n) is 1.88. The second-order valence-electron chi connectivity index (χ2n) is 4.28. The Balaban J connectivity index is 1.92. The van der Waals surface area contributed by atoms with Crippen LogP contribution in [0.25, 0.3) is 0 Å². The van der Waals surface area contributed by atoms with Crippen molar-refractivity contribution in [3.05, 3.63) is 24.3 Å². The number of anilines is 2. The molecule has 6 heteroatoms. The summed E-state index contributed by atoms with van der Waals surface area (Å²) in [4.78, 5) is 23.5. The maximum atomic E-state index is 11.8. The number of benzene rings is 1. The van der Waals surface area contributed by atoms with E-state index in [-0.39, 0.29) is 18.2 Å². The zero-order valence-electron chi connectivity index (χ0n) is 10.7. The van der Waals surface area contributed by atoms with Crippen LogP contribution in [0.3, 0.4) is 0 Å². The van der Waals surface area contributed by atoms with Crippen LogP contribution in [0.1, 0.15) is 6.42 Å². The number of rotatable bonds is 5. The van der Waals surface area contributed by atoms with Crippen LogP contribution in [0, 0.1) is 0 Å². The third kappa shape index (κ3) is 3.45. The van der Waals surface area contributed by atoms with Crippen molar-refractivity contribution in [2.24, 2.45) is 0 Å². The number of fused-ring (bicyclic) bond motifs is 1. The van der Waals surface area contributed by atoms with Gasteiger partial charge in [0.25, 0.3) is 0 Å². The molecular formula is C13H17N3O3. The highest BCUT2D eigenvalue weighted by molar-refractivity contribution is 6.04. The van der Waals surface area contributed by atoms with Gasteiger partial charge in [-0.25, -0.2) is 0 Å². The lowest BCUT2D eigenvalue weighted by Gasteiger charge is -2.26. The fraction of sp³-hybridized carbons (Fsp3) is 0.385. The van der Waals surface area contributed by atoms with Gasteiger partial charge in [-0.3, -0.25) is 9.59 Å². The molecule has 1 aliphatic heterocycles. The van der Waals surface area contributed by atoms with Crippen molar-refractivity contribution in [1.29, 1.82) is 0 Å². The zero-order valence-corrected chi connectivity index (χ0v) is 10.7. The Kier molecular flexibility index (Phi) is 4.35. The first kappa shape index (κ1) is 13.4. The minimum absolute atomic E-state index is 0.101. The quantitative estimate of drug-likeness (QED) is 0.679. The van der Waals surface area contributed by atoms with Gasteiger partial charge < -0.3 is 20.7 Å². The summed E-state index contributed by atoms with van der Waals surface area (Å²) in [7, 11) is 1.57. The van der Waals surface area contributed by atoms with E-state index < -0.39 is 6.04 Å². The molecule has 2 rings (SSSR count). The molecule has 0 saturated heterocycles. The Morgan fingerprint density at radius 2 is 2.11 bits per heavy atom. The van der Waals surface area contributed by atoms with Crippen LogP contribution in [0.4, 0.5) is 11.4 Å². The van der Waals surface area contributed by atoms with Crippen LogP contribution in [0.2, 0.25) is 0 Å². The summed E-state index contributed by atoms with van der Waals surface area (Å²) in [6, 6.07) is 6.86. The summed E-state index contributed by atoms with van der Waals surface area (Å²) in [5.41, 5.74) is 1.57. The van der Waals surface area contributed by atoms with Crippen molar-refractivity contribution in [2.75, 3.05) is 30.9 Å². The van der Waals surface area contributed by atoms with E-state index in [4.69, 9.17) is 4.74 Å². The molecule has 1 heterocycles. The van der Waals surface area contributed by atoms with Gasteiger partial charge in [-0.2, -0.15) is 0 Å². The number of ether oxygens (including phenoxy) is 1. The number of carbonyl (C=O) groups excluding carboxylic acids is 2. The Labute approximate surface area is 111 Å². The van der Waals surface area contributed by atoms with Gasteiger partial charge in [0.1, 0.15) is 6.04 Å². The molecule has 3 N–H and O–H groups in total. The highest BCUT2D eigenvalue weighted by Crippen LogP contribution is 2.26. The molecule has 0 fully saturated rings. The second kappa shape index (κ2) is 6.19. The molecular weight excluding hydrogens is 246 g/mol. The smallest absolute Gasteiger partial charge is 0.247 e. The number of amides is 2. The number of para-hydroxylation sites is 2. The third-order valence-electron chi connectivity index (χ3n) is 2.85. The molecule has 2 amide bonds. The Hall–Kier alpha value is -2.08. The van der Waals surface area contributed by atoms with E-state index in [1.54, 1.807) is 7.11 Å². The number of carbonyl (C=O) groups is 2. The second-order valence-corrected chi connectivity index (χ2v) is 4.28. The van der Waals surface area contributed by atoms with Crippen LogP contribution >= 0.6 is 0 Å². The third-order valence-corrected chi connectivity index (χ3v) is 2.85. The van der Waals surface area contributed by atoms with Crippen molar-refractivity contribution in [2.45, 2.75) is 12.5 Å². The number of methoxy groups -OCH3 is 1. The first-order chi connectivity index (χ1) is 9.20. The van der Waals surface area contributed by atoms with Crippen LogP contribution < -0.4 is 16.0 Å². The van der Waals surface area contributed by atoms with E-state index in [1.165, 1.54) is 0 Å². The van der Waals surface area contributed by atoms with E-state index in [0.717, 1.165) is 11.4 Å². The highest BCUT2D eigenvalue weighted by atomic mass is 16.5. The molecule has 1 aliphatic rings. The average molecular weight is 263 g/mol. The van der Waals surface area contributed by atoms with Crippen molar-refractivity contribution in [1.82, 2.24) is 5.32 Å². The standard InChI is InChI=1S/C13H17N3O3/c1-19-7-6-14-12(17)8-11-13(18)16-10-5-3-2-4-9(10)15-11/h2-5,11,15H,6-8H2,1H3,(H,14,17)(H,16,18). The van der Waals surface area contributed by atoms with Crippen LogP contribution in [-0.4, -0.2) is 38.1 Å². The molecule has 0 aliphatic carbocycles. The Morgan fingerprint density at radius 3 is 2.84 bits per heavy atom. The first-order valence-corrected chi connectivity index (χ1v) is 6.13. The maximum absolute atomic E-state index is 11.8. The summed E-state index contributed by atoms with van der Waals surface area (Å²) in [6.07, 6.45) is 0.101. The minimum atomic E-state index is -0.544. The molecule has 0 bridgehead atoms. The SMILES string of the molecule is COCCNC(=O)CC1Nc2ccccc2NC1=O. The van der Waals surface area contributed by atoms with Crippen LogP contribution in [0.15, 0.2) is 24.3 Å². The summed E-state index contributed by atoms with van der Waals surface area (Å²) in [6.45, 7) is 0.902. The number of hydrogen-bond acceptors (Lipinski definition) is 4. The minimum Gasteiger partial charge on any atom is -0.383 e. The molecule has 6 nitrogen and oxygen atoms in total. The summed E-state index contributed by atoms with van der Waals surface area (Å²) >= 11 is 0. The molecule has 102 valence electrons. The van der Waals surface area contributed by atoms with Gasteiger partial charge in [0, 0.05) is 13.7 Å². The number of nitrogens with one attached hydrogen (secondary N) is 3. The summed E-state index contributed by atoms with van der Waals surface area (Å²) in [5.74, 6) is -0.371. The van der Waals surface area contributed by atoms with E-state index in [1.807, 2.05) is 24.3 Å². The van der Waals surface area contributed by atoms with E-state index in [0.29, 0.717) is 13.2 Å². The lowest BCUT2D eigenvalue weighted by atomic mass is 10.1. The Morgan fingerprint density at radius 1 is 1.37 bits per heavy atom. The molecule has 1 aromatic carbocycles. The van der Waals surface area contributed by atoms with Crippen molar-refractivity contribution in [3.63, 3.8) is 0 Å². The number of hydrogen-bond donors (Lipinski definition) is 3. The van der Waals surface area contributed by atoms with Gasteiger partial charge in [-0.15, -0.1) is 0 Å². The van der Waals surface area contributed by atoms with Crippen LogP contribution in [-0.2, 0) is 14.3 Å². The summed E-state index contributed by atoms with van der Waals surface area (Å²) in [5, 5.41) is 8.53. The van der Waals surface area contributed by atoms with E-state index in [2.05, 4.69) is 16.0 Å². The molecule has 0 spiro atoms. The molecule has 1 unspecified atom stereocenters. The van der Waals surface area contributed by atoms with Gasteiger partial charge in [-0.05, 0) is 12.1 Å². The molecule has 19 heavy (non-hydrogen) atoms. The predicted octanol–water partition coefficient (Wildman–Crippen LogP) is 0.572. The van der Waals surface area contributed by atoms with E-state index in [9.17, 15) is 9.59 Å². The molecule has 1 atom stereocenters. The lowest BCUT2D eigenvalue weighted by Crippen LogP contribution is -2.42. The molecule has 0 aromatic heterocycles. The monoisotopic (exact) mass is 263 g/mol. The van der Waals surface area contributed by atoms with Gasteiger partial charge in [0.2, 0.25) is 11.8 Å². The van der Waals surface area contributed by atoms with Crippen molar-refractivity contribution >= 4 is 23.2 Å².